The Morgan fingerprint density at radius 3 is 2.71 bits per heavy atom. The van der Waals surface area contributed by atoms with Gasteiger partial charge in [0.25, 0.3) is 0 Å². The van der Waals surface area contributed by atoms with Crippen molar-refractivity contribution in [3.8, 4) is 0 Å². The van der Waals surface area contributed by atoms with Gasteiger partial charge in [-0.05, 0) is 12.1 Å². The lowest BCUT2D eigenvalue weighted by molar-refractivity contribution is -0.142. The zero-order valence-corrected chi connectivity index (χ0v) is 11.4. The summed E-state index contributed by atoms with van der Waals surface area (Å²) in [5, 5.41) is 11.5. The average molecular weight is 289 g/mol. The third-order valence-electron chi connectivity index (χ3n) is 2.82. The predicted octanol–water partition coefficient (Wildman–Crippen LogP) is 0.388. The van der Waals surface area contributed by atoms with Gasteiger partial charge in [-0.25, -0.2) is 9.78 Å². The Balaban J connectivity index is 2.14. The number of rotatable bonds is 6. The van der Waals surface area contributed by atoms with Gasteiger partial charge in [0.1, 0.15) is 12.6 Å². The standard InChI is InChI=1S/C14H15N3O4/c1-21-8-13(18)17-12(14(19)20)6-9-7-15-10-4-2-3-5-11(10)16-9/h2-5,7,12H,6,8H2,1H3,(H,17,18)(H,19,20)/t12-/m1/s1. The van der Waals surface area contributed by atoms with Gasteiger partial charge in [-0.3, -0.25) is 9.78 Å². The number of aliphatic carboxylic acids is 1. The second kappa shape index (κ2) is 6.76. The van der Waals surface area contributed by atoms with Crippen molar-refractivity contribution in [3.05, 3.63) is 36.2 Å². The van der Waals surface area contributed by atoms with Crippen LogP contribution in [0.5, 0.6) is 0 Å². The van der Waals surface area contributed by atoms with E-state index < -0.39 is 17.9 Å². The van der Waals surface area contributed by atoms with E-state index in [-0.39, 0.29) is 13.0 Å². The zero-order valence-electron chi connectivity index (χ0n) is 11.4. The van der Waals surface area contributed by atoms with E-state index in [4.69, 9.17) is 5.11 Å². The molecule has 2 aromatic rings. The van der Waals surface area contributed by atoms with Crippen LogP contribution in [0.15, 0.2) is 30.5 Å². The predicted molar refractivity (Wildman–Crippen MR) is 74.7 cm³/mol. The summed E-state index contributed by atoms with van der Waals surface area (Å²) < 4.78 is 4.66. The molecule has 2 N–H and O–H groups in total. The van der Waals surface area contributed by atoms with E-state index in [2.05, 4.69) is 20.0 Å². The molecule has 0 bridgehead atoms. The van der Waals surface area contributed by atoms with Gasteiger partial charge in [0, 0.05) is 19.7 Å². The molecule has 1 heterocycles. The van der Waals surface area contributed by atoms with Crippen LogP contribution in [0.2, 0.25) is 0 Å². The maximum Gasteiger partial charge on any atom is 0.326 e. The summed E-state index contributed by atoms with van der Waals surface area (Å²) in [6, 6.07) is 6.23. The number of para-hydroxylation sites is 2. The molecule has 7 nitrogen and oxygen atoms in total. The maximum atomic E-state index is 11.4. The van der Waals surface area contributed by atoms with Crippen molar-refractivity contribution in [2.45, 2.75) is 12.5 Å². The Morgan fingerprint density at radius 1 is 1.33 bits per heavy atom. The second-order valence-electron chi connectivity index (χ2n) is 4.45. The number of fused-ring (bicyclic) bond motifs is 1. The Labute approximate surface area is 121 Å². The molecule has 2 rings (SSSR count). The molecule has 1 atom stereocenters. The average Bonchev–Trinajstić information content (AvgIpc) is 2.46. The highest BCUT2D eigenvalue weighted by molar-refractivity contribution is 5.84. The summed E-state index contributed by atoms with van der Waals surface area (Å²) in [5.41, 5.74) is 1.91. The van der Waals surface area contributed by atoms with E-state index in [1.807, 2.05) is 18.2 Å². The molecule has 0 saturated carbocycles. The summed E-state index contributed by atoms with van der Waals surface area (Å²) in [6.07, 6.45) is 1.57. The zero-order chi connectivity index (χ0) is 15.2. The van der Waals surface area contributed by atoms with Gasteiger partial charge in [0.15, 0.2) is 0 Å². The summed E-state index contributed by atoms with van der Waals surface area (Å²) in [6.45, 7) is -0.187. The molecule has 21 heavy (non-hydrogen) atoms. The van der Waals surface area contributed by atoms with Crippen LogP contribution in [0.1, 0.15) is 5.69 Å². The Morgan fingerprint density at radius 2 is 2.05 bits per heavy atom. The number of amides is 1. The van der Waals surface area contributed by atoms with Crippen molar-refractivity contribution < 1.29 is 19.4 Å². The van der Waals surface area contributed by atoms with E-state index in [1.165, 1.54) is 13.3 Å². The molecule has 0 unspecified atom stereocenters. The first-order chi connectivity index (χ1) is 10.1. The number of nitrogens with one attached hydrogen (secondary N) is 1. The first-order valence-corrected chi connectivity index (χ1v) is 6.32. The van der Waals surface area contributed by atoms with Gasteiger partial charge >= 0.3 is 5.97 Å². The molecular formula is C14H15N3O4. The van der Waals surface area contributed by atoms with Crippen molar-refractivity contribution in [2.24, 2.45) is 0 Å². The highest BCUT2D eigenvalue weighted by Gasteiger charge is 2.21. The molecule has 1 aromatic heterocycles. The highest BCUT2D eigenvalue weighted by Crippen LogP contribution is 2.09. The smallest absolute Gasteiger partial charge is 0.326 e. The monoisotopic (exact) mass is 289 g/mol. The van der Waals surface area contributed by atoms with Crippen LogP contribution in [0.3, 0.4) is 0 Å². The van der Waals surface area contributed by atoms with Gasteiger partial charge in [0.2, 0.25) is 5.91 Å². The fourth-order valence-electron chi connectivity index (χ4n) is 1.87. The Kier molecular flexibility index (Phi) is 4.78. The lowest BCUT2D eigenvalue weighted by Gasteiger charge is -2.13. The normalized spacial score (nSPS) is 12.0. The van der Waals surface area contributed by atoms with Crippen molar-refractivity contribution in [3.63, 3.8) is 0 Å². The highest BCUT2D eigenvalue weighted by atomic mass is 16.5. The number of methoxy groups -OCH3 is 1. The van der Waals surface area contributed by atoms with Crippen LogP contribution in [0.25, 0.3) is 11.0 Å². The molecule has 0 radical (unpaired) electrons. The van der Waals surface area contributed by atoms with Crippen LogP contribution in [0.4, 0.5) is 0 Å². The SMILES string of the molecule is COCC(=O)N[C@H](Cc1cnc2ccccc2n1)C(=O)O. The number of carboxylic acid groups (broad SMARTS) is 1. The number of ether oxygens (including phenoxy) is 1. The van der Waals surface area contributed by atoms with E-state index in [0.29, 0.717) is 11.2 Å². The number of nitrogens with zero attached hydrogens (tertiary/aromatic N) is 2. The van der Waals surface area contributed by atoms with E-state index >= 15 is 0 Å². The molecule has 1 amide bonds. The minimum atomic E-state index is -1.13. The molecule has 0 fully saturated rings. The number of carbonyl (C=O) groups is 2. The number of carbonyl (C=O) groups excluding carboxylic acids is 1. The first kappa shape index (κ1) is 14.9. The molecule has 0 saturated heterocycles. The molecule has 7 heteroatoms. The largest absolute Gasteiger partial charge is 0.480 e. The summed E-state index contributed by atoms with van der Waals surface area (Å²) >= 11 is 0. The molecule has 0 aliphatic rings. The molecule has 110 valence electrons. The van der Waals surface area contributed by atoms with Gasteiger partial charge in [0.05, 0.1) is 16.7 Å². The topological polar surface area (TPSA) is 101 Å². The van der Waals surface area contributed by atoms with Gasteiger partial charge in [-0.2, -0.15) is 0 Å². The van der Waals surface area contributed by atoms with Crippen molar-refractivity contribution in [1.29, 1.82) is 0 Å². The van der Waals surface area contributed by atoms with Gasteiger partial charge in [-0.15, -0.1) is 0 Å². The quantitative estimate of drug-likeness (QED) is 0.797. The van der Waals surface area contributed by atoms with Crippen LogP contribution >= 0.6 is 0 Å². The number of carboxylic acids is 1. The van der Waals surface area contributed by atoms with E-state index in [9.17, 15) is 9.59 Å². The number of aromatic nitrogens is 2. The summed E-state index contributed by atoms with van der Waals surface area (Å²) in [4.78, 5) is 31.2. The third-order valence-corrected chi connectivity index (χ3v) is 2.82. The van der Waals surface area contributed by atoms with Crippen LogP contribution in [-0.2, 0) is 20.7 Å². The molecule has 1 aromatic carbocycles. The van der Waals surface area contributed by atoms with Crippen molar-refractivity contribution in [1.82, 2.24) is 15.3 Å². The lowest BCUT2D eigenvalue weighted by atomic mass is 10.1. The van der Waals surface area contributed by atoms with Gasteiger partial charge < -0.3 is 15.2 Å². The van der Waals surface area contributed by atoms with Crippen molar-refractivity contribution in [2.75, 3.05) is 13.7 Å². The molecular weight excluding hydrogens is 274 g/mol. The van der Waals surface area contributed by atoms with E-state index in [1.54, 1.807) is 6.07 Å². The number of benzene rings is 1. The fourth-order valence-corrected chi connectivity index (χ4v) is 1.87. The maximum absolute atomic E-state index is 11.4. The third kappa shape index (κ3) is 3.96. The molecule has 0 aliphatic carbocycles. The van der Waals surface area contributed by atoms with Crippen LogP contribution < -0.4 is 5.32 Å². The molecule has 0 aliphatic heterocycles. The number of hydrogen-bond acceptors (Lipinski definition) is 5. The minimum absolute atomic E-state index is 0.0582. The summed E-state index contributed by atoms with van der Waals surface area (Å²) in [5.74, 6) is -1.62. The first-order valence-electron chi connectivity index (χ1n) is 6.32. The van der Waals surface area contributed by atoms with Gasteiger partial charge in [-0.1, -0.05) is 12.1 Å². The van der Waals surface area contributed by atoms with Crippen LogP contribution in [-0.4, -0.2) is 46.7 Å². The Bertz CT molecular complexity index is 659. The fraction of sp³-hybridized carbons (Fsp3) is 0.286. The van der Waals surface area contributed by atoms with Crippen molar-refractivity contribution >= 4 is 22.9 Å². The van der Waals surface area contributed by atoms with Crippen LogP contribution in [0, 0.1) is 0 Å². The molecule has 0 spiro atoms. The minimum Gasteiger partial charge on any atom is -0.480 e. The second-order valence-corrected chi connectivity index (χ2v) is 4.45. The van der Waals surface area contributed by atoms with E-state index in [0.717, 1.165) is 5.52 Å². The number of hydrogen-bond donors (Lipinski definition) is 2. The summed E-state index contributed by atoms with van der Waals surface area (Å²) in [7, 11) is 1.37. The Hall–Kier alpha value is -2.54. The lowest BCUT2D eigenvalue weighted by Crippen LogP contribution is -2.43.